The molecule has 8 heteroatoms. The van der Waals surface area contributed by atoms with Crippen LogP contribution < -0.4 is 4.74 Å². The number of rotatable bonds is 2. The summed E-state index contributed by atoms with van der Waals surface area (Å²) in [5.41, 5.74) is -0.181. The smallest absolute Gasteiger partial charge is 0.449 e. The summed E-state index contributed by atoms with van der Waals surface area (Å²) in [6.45, 7) is 0. The summed E-state index contributed by atoms with van der Waals surface area (Å²) in [6.07, 6.45) is -7.72. The molecule has 1 aromatic carbocycles. The van der Waals surface area contributed by atoms with Crippen molar-refractivity contribution < 1.29 is 36.5 Å². The molecule has 0 aromatic heterocycles. The summed E-state index contributed by atoms with van der Waals surface area (Å²) in [4.78, 5) is 0. The lowest BCUT2D eigenvalue weighted by Gasteiger charge is -2.50. The lowest BCUT2D eigenvalue weighted by Crippen LogP contribution is -2.72. The van der Waals surface area contributed by atoms with E-state index in [2.05, 4.69) is 4.74 Å². The van der Waals surface area contributed by atoms with E-state index >= 15 is 0 Å². The van der Waals surface area contributed by atoms with E-state index in [1.54, 1.807) is 0 Å². The van der Waals surface area contributed by atoms with E-state index in [4.69, 9.17) is 9.84 Å². The van der Waals surface area contributed by atoms with Crippen molar-refractivity contribution in [3.8, 4) is 5.75 Å². The quantitative estimate of drug-likeness (QED) is 0.849. The first-order chi connectivity index (χ1) is 8.63. The molecule has 0 saturated carbocycles. The van der Waals surface area contributed by atoms with Gasteiger partial charge >= 0.3 is 17.9 Å². The fraction of sp³-hybridized carbons (Fsp3) is 0.455. The van der Waals surface area contributed by atoms with Crippen LogP contribution in [0.25, 0.3) is 0 Å². The second-order valence-corrected chi connectivity index (χ2v) is 4.04. The molecule has 1 heterocycles. The fourth-order valence-corrected chi connectivity index (χ4v) is 1.75. The zero-order valence-corrected chi connectivity index (χ0v) is 9.54. The Morgan fingerprint density at radius 1 is 1.21 bits per heavy atom. The zero-order valence-electron chi connectivity index (χ0n) is 9.54. The van der Waals surface area contributed by atoms with Gasteiger partial charge in [-0.1, -0.05) is 12.1 Å². The highest BCUT2D eigenvalue weighted by Crippen LogP contribution is 2.60. The minimum absolute atomic E-state index is 0.181. The maximum atomic E-state index is 13.5. The van der Waals surface area contributed by atoms with Gasteiger partial charge in [0.15, 0.2) is 6.10 Å². The maximum absolute atomic E-state index is 13.5. The molecule has 1 saturated heterocycles. The SMILES string of the molecule is COc1ccc(C2OC(O)(C(F)(F)F)C2(F)F)cc1. The Labute approximate surface area is 104 Å². The van der Waals surface area contributed by atoms with Crippen LogP contribution in [0.2, 0.25) is 0 Å². The Kier molecular flexibility index (Phi) is 2.98. The van der Waals surface area contributed by atoms with Crippen LogP contribution in [0, 0.1) is 0 Å². The minimum atomic E-state index is -5.57. The number of hydrogen-bond acceptors (Lipinski definition) is 3. The molecule has 1 N–H and O–H groups in total. The molecule has 0 radical (unpaired) electrons. The minimum Gasteiger partial charge on any atom is -0.497 e. The van der Waals surface area contributed by atoms with Crippen LogP contribution in [0.4, 0.5) is 22.0 Å². The molecule has 2 rings (SSSR count). The number of methoxy groups -OCH3 is 1. The third-order valence-electron chi connectivity index (χ3n) is 2.87. The lowest BCUT2D eigenvalue weighted by molar-refractivity contribution is -0.528. The number of aliphatic hydroxyl groups is 1. The fourth-order valence-electron chi connectivity index (χ4n) is 1.75. The van der Waals surface area contributed by atoms with Crippen molar-refractivity contribution in [2.45, 2.75) is 24.0 Å². The second-order valence-electron chi connectivity index (χ2n) is 4.04. The van der Waals surface area contributed by atoms with E-state index in [1.165, 1.54) is 19.2 Å². The highest BCUT2D eigenvalue weighted by Gasteiger charge is 2.82. The summed E-state index contributed by atoms with van der Waals surface area (Å²) in [5.74, 6) is -8.54. The van der Waals surface area contributed by atoms with Crippen LogP contribution in [0.15, 0.2) is 24.3 Å². The Morgan fingerprint density at radius 3 is 2.11 bits per heavy atom. The van der Waals surface area contributed by atoms with Crippen LogP contribution in [0.1, 0.15) is 11.7 Å². The number of hydrogen-bond donors (Lipinski definition) is 1. The van der Waals surface area contributed by atoms with Gasteiger partial charge in [-0.25, -0.2) is 0 Å². The van der Waals surface area contributed by atoms with Gasteiger partial charge in [0.1, 0.15) is 5.75 Å². The van der Waals surface area contributed by atoms with Gasteiger partial charge in [-0.05, 0) is 17.7 Å². The summed E-state index contributed by atoms with van der Waals surface area (Å²) >= 11 is 0. The number of halogens is 5. The van der Waals surface area contributed by atoms with Gasteiger partial charge in [-0.15, -0.1) is 0 Å². The molecule has 0 bridgehead atoms. The zero-order chi connectivity index (χ0) is 14.5. The molecule has 1 fully saturated rings. The Morgan fingerprint density at radius 2 is 1.74 bits per heavy atom. The topological polar surface area (TPSA) is 38.7 Å². The molecule has 0 amide bonds. The largest absolute Gasteiger partial charge is 0.497 e. The van der Waals surface area contributed by atoms with Crippen molar-refractivity contribution in [1.82, 2.24) is 0 Å². The highest BCUT2D eigenvalue weighted by atomic mass is 19.4. The Hall–Kier alpha value is -1.41. The van der Waals surface area contributed by atoms with Crippen molar-refractivity contribution in [2.75, 3.05) is 7.11 Å². The van der Waals surface area contributed by atoms with E-state index in [9.17, 15) is 22.0 Å². The van der Waals surface area contributed by atoms with Crippen molar-refractivity contribution in [3.05, 3.63) is 29.8 Å². The van der Waals surface area contributed by atoms with Gasteiger partial charge < -0.3 is 14.6 Å². The van der Waals surface area contributed by atoms with Gasteiger partial charge in [-0.2, -0.15) is 22.0 Å². The summed E-state index contributed by atoms with van der Waals surface area (Å²) in [7, 11) is 1.35. The van der Waals surface area contributed by atoms with Crippen LogP contribution in [0.5, 0.6) is 5.75 Å². The molecule has 1 aromatic rings. The molecule has 0 aliphatic carbocycles. The summed E-state index contributed by atoms with van der Waals surface area (Å²) in [5, 5.41) is 8.88. The highest BCUT2D eigenvalue weighted by molar-refractivity contribution is 5.32. The molecule has 19 heavy (non-hydrogen) atoms. The van der Waals surface area contributed by atoms with E-state index < -0.39 is 24.0 Å². The standard InChI is InChI=1S/C11H9F5O3/c1-18-7-4-2-6(3-5-7)8-9(12,13)10(17,19-8)11(14,15)16/h2-5,8,17H,1H3. The van der Waals surface area contributed by atoms with Crippen molar-refractivity contribution in [2.24, 2.45) is 0 Å². The van der Waals surface area contributed by atoms with Crippen LogP contribution in [-0.2, 0) is 4.74 Å². The third kappa shape index (κ3) is 1.86. The average molecular weight is 284 g/mol. The molecular formula is C11H9F5O3. The summed E-state index contributed by atoms with van der Waals surface area (Å²) < 4.78 is 72.7. The normalized spacial score (nSPS) is 29.7. The molecule has 1 aliphatic rings. The number of alkyl halides is 5. The second kappa shape index (κ2) is 4.04. The lowest BCUT2D eigenvalue weighted by atomic mass is 9.89. The maximum Gasteiger partial charge on any atom is 0.449 e. The van der Waals surface area contributed by atoms with Crippen molar-refractivity contribution in [3.63, 3.8) is 0 Å². The number of ether oxygens (including phenoxy) is 2. The summed E-state index contributed by atoms with van der Waals surface area (Å²) in [6, 6.07) is 4.90. The predicted octanol–water partition coefficient (Wildman–Crippen LogP) is 2.65. The molecule has 2 unspecified atom stereocenters. The Bertz CT molecular complexity index is 470. The van der Waals surface area contributed by atoms with Gasteiger partial charge in [0, 0.05) is 0 Å². The van der Waals surface area contributed by atoms with E-state index in [0.717, 1.165) is 12.1 Å². The number of benzene rings is 1. The van der Waals surface area contributed by atoms with Crippen molar-refractivity contribution in [1.29, 1.82) is 0 Å². The average Bonchev–Trinajstić information content (AvgIpc) is 2.34. The van der Waals surface area contributed by atoms with Gasteiger partial charge in [0.25, 0.3) is 0 Å². The van der Waals surface area contributed by atoms with Crippen LogP contribution >= 0.6 is 0 Å². The Balaban J connectivity index is 2.26. The molecule has 1 aliphatic heterocycles. The molecule has 106 valence electrons. The monoisotopic (exact) mass is 284 g/mol. The van der Waals surface area contributed by atoms with E-state index in [-0.39, 0.29) is 5.56 Å². The molecular weight excluding hydrogens is 275 g/mol. The van der Waals surface area contributed by atoms with Crippen LogP contribution in [-0.4, -0.2) is 30.1 Å². The van der Waals surface area contributed by atoms with E-state index in [0.29, 0.717) is 5.75 Å². The first-order valence-corrected chi connectivity index (χ1v) is 5.12. The van der Waals surface area contributed by atoms with Gasteiger partial charge in [0.2, 0.25) is 0 Å². The molecule has 2 atom stereocenters. The first kappa shape index (κ1) is 14.0. The van der Waals surface area contributed by atoms with Gasteiger partial charge in [-0.3, -0.25) is 0 Å². The first-order valence-electron chi connectivity index (χ1n) is 5.12. The third-order valence-corrected chi connectivity index (χ3v) is 2.87. The predicted molar refractivity (Wildman–Crippen MR) is 52.8 cm³/mol. The van der Waals surface area contributed by atoms with Crippen molar-refractivity contribution >= 4 is 0 Å². The van der Waals surface area contributed by atoms with Crippen LogP contribution in [0.3, 0.4) is 0 Å². The van der Waals surface area contributed by atoms with E-state index in [1.807, 2.05) is 0 Å². The molecule has 3 nitrogen and oxygen atoms in total. The molecule has 0 spiro atoms. The van der Waals surface area contributed by atoms with Gasteiger partial charge in [0.05, 0.1) is 7.11 Å².